The lowest BCUT2D eigenvalue weighted by atomic mass is 10.1. The van der Waals surface area contributed by atoms with Crippen LogP contribution in [0.25, 0.3) is 0 Å². The zero-order chi connectivity index (χ0) is 10.8. The maximum absolute atomic E-state index is 12.3. The molecule has 0 aliphatic heterocycles. The van der Waals surface area contributed by atoms with Gasteiger partial charge in [-0.2, -0.15) is 13.2 Å². The third-order valence-electron chi connectivity index (χ3n) is 1.50. The first kappa shape index (κ1) is 11.0. The number of ketones is 1. The van der Waals surface area contributed by atoms with Gasteiger partial charge in [0.05, 0.1) is 5.88 Å². The van der Waals surface area contributed by atoms with Crippen molar-refractivity contribution in [2.45, 2.75) is 6.18 Å². The number of hydrogen-bond donors (Lipinski definition) is 0. The Kier molecular flexibility index (Phi) is 3.10. The van der Waals surface area contributed by atoms with E-state index in [4.69, 9.17) is 11.6 Å². The predicted molar refractivity (Wildman–Crippen MR) is 44.3 cm³/mol. The molecule has 0 radical (unpaired) electrons. The Morgan fingerprint density at radius 2 is 2.14 bits per heavy atom. The molecule has 6 heteroatoms. The number of hydrogen-bond acceptors (Lipinski definition) is 2. The minimum Gasteiger partial charge on any atom is -0.293 e. The third-order valence-corrected chi connectivity index (χ3v) is 1.74. The summed E-state index contributed by atoms with van der Waals surface area (Å²) in [6.45, 7) is 0. The Hall–Kier alpha value is -1.10. The van der Waals surface area contributed by atoms with E-state index in [-0.39, 0.29) is 0 Å². The molecule has 76 valence electrons. The van der Waals surface area contributed by atoms with E-state index in [1.807, 2.05) is 0 Å². The molecule has 0 aromatic carbocycles. The van der Waals surface area contributed by atoms with E-state index in [0.29, 0.717) is 0 Å². The molecule has 0 saturated carbocycles. The second-order valence-electron chi connectivity index (χ2n) is 2.45. The van der Waals surface area contributed by atoms with Gasteiger partial charge in [0.15, 0.2) is 11.5 Å². The van der Waals surface area contributed by atoms with Crippen LogP contribution >= 0.6 is 11.6 Å². The van der Waals surface area contributed by atoms with Gasteiger partial charge in [-0.1, -0.05) is 0 Å². The van der Waals surface area contributed by atoms with Crippen LogP contribution in [0.2, 0.25) is 0 Å². The van der Waals surface area contributed by atoms with Gasteiger partial charge in [-0.3, -0.25) is 9.78 Å². The van der Waals surface area contributed by atoms with E-state index >= 15 is 0 Å². The smallest absolute Gasteiger partial charge is 0.293 e. The summed E-state index contributed by atoms with van der Waals surface area (Å²) in [5.41, 5.74) is -1.68. The second-order valence-corrected chi connectivity index (χ2v) is 2.72. The highest BCUT2D eigenvalue weighted by Crippen LogP contribution is 2.30. The number of halogens is 4. The van der Waals surface area contributed by atoms with E-state index in [9.17, 15) is 18.0 Å². The van der Waals surface area contributed by atoms with E-state index in [1.165, 1.54) is 6.07 Å². The molecule has 0 amide bonds. The number of pyridine rings is 1. The summed E-state index contributed by atoms with van der Waals surface area (Å²) in [4.78, 5) is 14.1. The molecule has 0 saturated heterocycles. The fourth-order valence-electron chi connectivity index (χ4n) is 0.928. The minimum atomic E-state index is -4.63. The van der Waals surface area contributed by atoms with Crippen molar-refractivity contribution in [2.24, 2.45) is 0 Å². The highest BCUT2D eigenvalue weighted by molar-refractivity contribution is 6.30. The van der Waals surface area contributed by atoms with Crippen molar-refractivity contribution in [3.8, 4) is 0 Å². The Morgan fingerprint density at radius 1 is 1.50 bits per heavy atom. The number of aromatic nitrogens is 1. The van der Waals surface area contributed by atoms with Crippen molar-refractivity contribution in [3.63, 3.8) is 0 Å². The lowest BCUT2D eigenvalue weighted by Crippen LogP contribution is -2.15. The van der Waals surface area contributed by atoms with Crippen molar-refractivity contribution in [1.29, 1.82) is 0 Å². The van der Waals surface area contributed by atoms with Crippen LogP contribution in [0.5, 0.6) is 0 Å². The van der Waals surface area contributed by atoms with Gasteiger partial charge in [0, 0.05) is 11.8 Å². The molecular weight excluding hydrogens is 219 g/mol. The number of Topliss-reactive ketones (excluding diaryl/α,β-unsaturated/α-hetero) is 1. The Labute approximate surface area is 82.7 Å². The molecule has 0 aliphatic carbocycles. The topological polar surface area (TPSA) is 30.0 Å². The van der Waals surface area contributed by atoms with Crippen LogP contribution < -0.4 is 0 Å². The molecule has 2 nitrogen and oxygen atoms in total. The van der Waals surface area contributed by atoms with Crippen LogP contribution in [-0.2, 0) is 6.18 Å². The number of rotatable bonds is 2. The van der Waals surface area contributed by atoms with Crippen molar-refractivity contribution < 1.29 is 18.0 Å². The van der Waals surface area contributed by atoms with Gasteiger partial charge in [0.1, 0.15) is 0 Å². The van der Waals surface area contributed by atoms with E-state index in [2.05, 4.69) is 4.98 Å². The summed E-state index contributed by atoms with van der Waals surface area (Å²) in [6, 6.07) is 2.32. The summed E-state index contributed by atoms with van der Waals surface area (Å²) in [5.74, 6) is -1.28. The van der Waals surface area contributed by atoms with Gasteiger partial charge in [0.2, 0.25) is 0 Å². The van der Waals surface area contributed by atoms with Gasteiger partial charge >= 0.3 is 6.18 Å². The highest BCUT2D eigenvalue weighted by Gasteiger charge is 2.36. The van der Waals surface area contributed by atoms with Gasteiger partial charge in [-0.15, -0.1) is 11.6 Å². The quantitative estimate of drug-likeness (QED) is 0.570. The predicted octanol–water partition coefficient (Wildman–Crippen LogP) is 2.52. The summed E-state index contributed by atoms with van der Waals surface area (Å²) in [5, 5.41) is 0. The lowest BCUT2D eigenvalue weighted by molar-refractivity contribution is -0.141. The van der Waals surface area contributed by atoms with Crippen LogP contribution in [0.1, 0.15) is 16.1 Å². The average molecular weight is 224 g/mol. The Bertz CT molecular complexity index is 351. The number of nitrogens with zero attached hydrogens (tertiary/aromatic N) is 1. The highest BCUT2D eigenvalue weighted by atomic mass is 35.5. The summed E-state index contributed by atoms with van der Waals surface area (Å²) in [6.07, 6.45) is -3.65. The van der Waals surface area contributed by atoms with Crippen LogP contribution in [0.4, 0.5) is 13.2 Å². The monoisotopic (exact) mass is 223 g/mol. The Morgan fingerprint density at radius 3 is 2.64 bits per heavy atom. The molecular formula is C8H5ClF3NO. The average Bonchev–Trinajstić information content (AvgIpc) is 2.15. The first-order valence-corrected chi connectivity index (χ1v) is 4.11. The van der Waals surface area contributed by atoms with Gasteiger partial charge in [-0.25, -0.2) is 0 Å². The van der Waals surface area contributed by atoms with Crippen LogP contribution in [-0.4, -0.2) is 16.6 Å². The maximum Gasteiger partial charge on any atom is 0.434 e. The van der Waals surface area contributed by atoms with Gasteiger partial charge < -0.3 is 0 Å². The van der Waals surface area contributed by atoms with Crippen molar-refractivity contribution in [2.75, 3.05) is 5.88 Å². The van der Waals surface area contributed by atoms with Crippen molar-refractivity contribution >= 4 is 17.4 Å². The summed E-state index contributed by atoms with van der Waals surface area (Å²) >= 11 is 5.16. The molecule has 1 aromatic heterocycles. The maximum atomic E-state index is 12.3. The molecule has 0 N–H and O–H groups in total. The van der Waals surface area contributed by atoms with Gasteiger partial charge in [0.25, 0.3) is 0 Å². The molecule has 0 unspecified atom stereocenters. The minimum absolute atomic E-state index is 0.491. The molecule has 1 heterocycles. The Balaban J connectivity index is 3.23. The van der Waals surface area contributed by atoms with Crippen molar-refractivity contribution in [3.05, 3.63) is 29.6 Å². The second kappa shape index (κ2) is 3.96. The van der Waals surface area contributed by atoms with Crippen LogP contribution in [0.3, 0.4) is 0 Å². The third kappa shape index (κ3) is 2.23. The SMILES string of the molecule is O=C(CCl)c1cccnc1C(F)(F)F. The van der Waals surface area contributed by atoms with Gasteiger partial charge in [-0.05, 0) is 12.1 Å². The first-order chi connectivity index (χ1) is 6.46. The van der Waals surface area contributed by atoms with E-state index in [1.54, 1.807) is 0 Å². The van der Waals surface area contributed by atoms with E-state index < -0.39 is 29.1 Å². The fourth-order valence-corrected chi connectivity index (χ4v) is 1.07. The standard InChI is InChI=1S/C8H5ClF3NO/c9-4-6(14)5-2-1-3-13-7(5)8(10,11)12/h1-3H,4H2. The first-order valence-electron chi connectivity index (χ1n) is 3.58. The molecule has 0 atom stereocenters. The fraction of sp³-hybridized carbons (Fsp3) is 0.250. The molecule has 14 heavy (non-hydrogen) atoms. The largest absolute Gasteiger partial charge is 0.434 e. The van der Waals surface area contributed by atoms with Crippen LogP contribution in [0, 0.1) is 0 Å². The number of carbonyl (C=O) groups excluding carboxylic acids is 1. The summed E-state index contributed by atoms with van der Waals surface area (Å²) in [7, 11) is 0. The number of alkyl halides is 4. The van der Waals surface area contributed by atoms with Crippen molar-refractivity contribution in [1.82, 2.24) is 4.98 Å². The molecule has 1 aromatic rings. The van der Waals surface area contributed by atoms with E-state index in [0.717, 1.165) is 12.3 Å². The zero-order valence-corrected chi connectivity index (χ0v) is 7.56. The molecule has 1 rings (SSSR count). The normalized spacial score (nSPS) is 11.4. The zero-order valence-electron chi connectivity index (χ0n) is 6.81. The number of carbonyl (C=O) groups is 1. The van der Waals surface area contributed by atoms with Crippen LogP contribution in [0.15, 0.2) is 18.3 Å². The molecule has 0 fully saturated rings. The lowest BCUT2D eigenvalue weighted by Gasteiger charge is -2.08. The molecule has 0 spiro atoms. The molecule has 0 bridgehead atoms. The summed E-state index contributed by atoms with van der Waals surface area (Å²) < 4.78 is 36.9. The molecule has 0 aliphatic rings.